The minimum atomic E-state index is -0.360. The van der Waals surface area contributed by atoms with Crippen LogP contribution in [0.15, 0.2) is 18.2 Å². The van der Waals surface area contributed by atoms with Gasteiger partial charge in [-0.05, 0) is 31.9 Å². The molecule has 0 bridgehead atoms. The van der Waals surface area contributed by atoms with E-state index in [9.17, 15) is 19.8 Å². The molecule has 1 heterocycles. The van der Waals surface area contributed by atoms with Gasteiger partial charge in [0.1, 0.15) is 11.5 Å². The Hall–Kier alpha value is -2.44. The van der Waals surface area contributed by atoms with Crippen LogP contribution in [-0.2, 0) is 4.74 Å². The summed E-state index contributed by atoms with van der Waals surface area (Å²) in [6, 6.07) is 3.70. The number of rotatable bonds is 3. The first-order valence-corrected chi connectivity index (χ1v) is 7.25. The number of likely N-dealkylation sites (tertiary alicyclic amines) is 1. The van der Waals surface area contributed by atoms with Crippen LogP contribution in [0, 0.1) is 0 Å². The van der Waals surface area contributed by atoms with Gasteiger partial charge >= 0.3 is 6.09 Å². The number of benzene rings is 1. The van der Waals surface area contributed by atoms with Crippen molar-refractivity contribution in [1.29, 1.82) is 0 Å². The molecule has 2 rings (SSSR count). The van der Waals surface area contributed by atoms with Crippen LogP contribution in [0.25, 0.3) is 0 Å². The topological polar surface area (TPSA) is 99.1 Å². The predicted molar refractivity (Wildman–Crippen MR) is 78.9 cm³/mol. The SMILES string of the molecule is CCOC(=O)N1CCC(NC(=O)c2cc(O)cc(O)c2)CC1. The smallest absolute Gasteiger partial charge is 0.409 e. The Morgan fingerprint density at radius 3 is 2.36 bits per heavy atom. The van der Waals surface area contributed by atoms with E-state index in [1.54, 1.807) is 11.8 Å². The summed E-state index contributed by atoms with van der Waals surface area (Å²) in [6.45, 7) is 3.15. The highest BCUT2D eigenvalue weighted by Crippen LogP contribution is 2.21. The van der Waals surface area contributed by atoms with Crippen LogP contribution >= 0.6 is 0 Å². The van der Waals surface area contributed by atoms with Gasteiger partial charge in [0.05, 0.1) is 6.61 Å². The number of hydrogen-bond donors (Lipinski definition) is 3. The average Bonchev–Trinajstić information content (AvgIpc) is 2.47. The standard InChI is InChI=1S/C15H20N2O5/c1-2-22-15(21)17-5-3-11(4-6-17)16-14(20)10-7-12(18)9-13(19)8-10/h7-9,11,18-19H,2-6H2,1H3,(H,16,20). The average molecular weight is 308 g/mol. The first kappa shape index (κ1) is 15.9. The monoisotopic (exact) mass is 308 g/mol. The number of nitrogens with one attached hydrogen (secondary N) is 1. The number of aromatic hydroxyl groups is 2. The Morgan fingerprint density at radius 2 is 1.82 bits per heavy atom. The maximum atomic E-state index is 12.1. The molecule has 1 aromatic rings. The quantitative estimate of drug-likeness (QED) is 0.785. The molecule has 0 radical (unpaired) electrons. The van der Waals surface area contributed by atoms with Crippen molar-refractivity contribution < 1.29 is 24.5 Å². The van der Waals surface area contributed by atoms with E-state index >= 15 is 0 Å². The third kappa shape index (κ3) is 4.03. The molecule has 2 amide bonds. The van der Waals surface area contributed by atoms with Gasteiger partial charge in [-0.25, -0.2) is 4.79 Å². The van der Waals surface area contributed by atoms with Crippen molar-refractivity contribution in [3.63, 3.8) is 0 Å². The minimum Gasteiger partial charge on any atom is -0.508 e. The zero-order valence-electron chi connectivity index (χ0n) is 12.4. The number of carbonyl (C=O) groups excluding carboxylic acids is 2. The summed E-state index contributed by atoms with van der Waals surface area (Å²) in [4.78, 5) is 25.3. The van der Waals surface area contributed by atoms with Crippen LogP contribution in [0.4, 0.5) is 4.79 Å². The predicted octanol–water partition coefficient (Wildman–Crippen LogP) is 1.45. The van der Waals surface area contributed by atoms with Crippen molar-refractivity contribution in [1.82, 2.24) is 10.2 Å². The van der Waals surface area contributed by atoms with Crippen LogP contribution in [0.3, 0.4) is 0 Å². The second-order valence-electron chi connectivity index (χ2n) is 5.17. The van der Waals surface area contributed by atoms with Crippen LogP contribution in [0.2, 0.25) is 0 Å². The van der Waals surface area contributed by atoms with E-state index in [-0.39, 0.29) is 35.1 Å². The fourth-order valence-corrected chi connectivity index (χ4v) is 2.42. The van der Waals surface area contributed by atoms with E-state index in [1.807, 2.05) is 0 Å². The number of amides is 2. The van der Waals surface area contributed by atoms with Crippen molar-refractivity contribution in [3.05, 3.63) is 23.8 Å². The maximum absolute atomic E-state index is 12.1. The molecule has 1 aromatic carbocycles. The summed E-state index contributed by atoms with van der Waals surface area (Å²) in [5.41, 5.74) is 0.199. The van der Waals surface area contributed by atoms with Crippen molar-refractivity contribution in [2.75, 3.05) is 19.7 Å². The number of carbonyl (C=O) groups is 2. The number of phenolic OH excluding ortho intramolecular Hbond substituents is 2. The summed E-state index contributed by atoms with van der Waals surface area (Å²) in [5.74, 6) is -0.689. The highest BCUT2D eigenvalue weighted by atomic mass is 16.6. The largest absolute Gasteiger partial charge is 0.508 e. The van der Waals surface area contributed by atoms with Gasteiger partial charge in [-0.3, -0.25) is 4.79 Å². The van der Waals surface area contributed by atoms with E-state index in [0.29, 0.717) is 32.5 Å². The van der Waals surface area contributed by atoms with Crippen LogP contribution in [0.1, 0.15) is 30.1 Å². The van der Waals surface area contributed by atoms with Crippen molar-refractivity contribution in [2.24, 2.45) is 0 Å². The highest BCUT2D eigenvalue weighted by Gasteiger charge is 2.24. The lowest BCUT2D eigenvalue weighted by Crippen LogP contribution is -2.46. The third-order valence-electron chi connectivity index (χ3n) is 3.52. The normalized spacial score (nSPS) is 15.4. The molecule has 0 atom stereocenters. The fourth-order valence-electron chi connectivity index (χ4n) is 2.42. The molecule has 7 heteroatoms. The van der Waals surface area contributed by atoms with Gasteiger partial charge in [0.2, 0.25) is 0 Å². The molecule has 0 spiro atoms. The van der Waals surface area contributed by atoms with E-state index in [0.717, 1.165) is 6.07 Å². The lowest BCUT2D eigenvalue weighted by Gasteiger charge is -2.31. The van der Waals surface area contributed by atoms with E-state index in [2.05, 4.69) is 5.32 Å². The molecule has 0 aliphatic carbocycles. The molecule has 1 saturated heterocycles. The van der Waals surface area contributed by atoms with E-state index in [4.69, 9.17) is 4.74 Å². The van der Waals surface area contributed by atoms with E-state index < -0.39 is 0 Å². The van der Waals surface area contributed by atoms with Crippen LogP contribution < -0.4 is 5.32 Å². The Bertz CT molecular complexity index is 533. The molecule has 1 fully saturated rings. The molecule has 0 aromatic heterocycles. The molecule has 0 saturated carbocycles. The molecule has 3 N–H and O–H groups in total. The number of nitrogens with zero attached hydrogens (tertiary/aromatic N) is 1. The fraction of sp³-hybridized carbons (Fsp3) is 0.467. The summed E-state index contributed by atoms with van der Waals surface area (Å²) in [7, 11) is 0. The Morgan fingerprint density at radius 1 is 1.23 bits per heavy atom. The summed E-state index contributed by atoms with van der Waals surface area (Å²) in [6.07, 6.45) is 0.940. The molecular formula is C15H20N2O5. The molecule has 7 nitrogen and oxygen atoms in total. The maximum Gasteiger partial charge on any atom is 0.409 e. The van der Waals surface area contributed by atoms with Crippen LogP contribution in [-0.4, -0.2) is 52.9 Å². The van der Waals surface area contributed by atoms with Gasteiger partial charge in [-0.15, -0.1) is 0 Å². The Kier molecular flexibility index (Phi) is 5.08. The van der Waals surface area contributed by atoms with Gasteiger partial charge in [-0.1, -0.05) is 0 Å². The van der Waals surface area contributed by atoms with Gasteiger partial charge in [0, 0.05) is 30.8 Å². The highest BCUT2D eigenvalue weighted by molar-refractivity contribution is 5.95. The molecule has 1 aliphatic heterocycles. The number of piperidine rings is 1. The lowest BCUT2D eigenvalue weighted by atomic mass is 10.0. The van der Waals surface area contributed by atoms with Gasteiger partial charge in [0.15, 0.2) is 0 Å². The molecule has 1 aliphatic rings. The number of ether oxygens (including phenoxy) is 1. The first-order chi connectivity index (χ1) is 10.5. The zero-order chi connectivity index (χ0) is 16.1. The summed E-state index contributed by atoms with van der Waals surface area (Å²) in [5, 5.41) is 21.6. The number of phenols is 2. The second kappa shape index (κ2) is 7.02. The molecule has 22 heavy (non-hydrogen) atoms. The van der Waals surface area contributed by atoms with Crippen LogP contribution in [0.5, 0.6) is 11.5 Å². The molecular weight excluding hydrogens is 288 g/mol. The molecule has 0 unspecified atom stereocenters. The van der Waals surface area contributed by atoms with Crippen molar-refractivity contribution in [2.45, 2.75) is 25.8 Å². The zero-order valence-corrected chi connectivity index (χ0v) is 12.4. The van der Waals surface area contributed by atoms with Crippen molar-refractivity contribution in [3.8, 4) is 11.5 Å². The Balaban J connectivity index is 1.88. The summed E-state index contributed by atoms with van der Waals surface area (Å²) >= 11 is 0. The summed E-state index contributed by atoms with van der Waals surface area (Å²) < 4.78 is 4.94. The first-order valence-electron chi connectivity index (χ1n) is 7.25. The van der Waals surface area contributed by atoms with Gasteiger partial charge < -0.3 is 25.2 Å². The molecule has 120 valence electrons. The second-order valence-corrected chi connectivity index (χ2v) is 5.17. The number of hydrogen-bond acceptors (Lipinski definition) is 5. The van der Waals surface area contributed by atoms with E-state index in [1.165, 1.54) is 12.1 Å². The third-order valence-corrected chi connectivity index (χ3v) is 3.52. The minimum absolute atomic E-state index is 0.0531. The Labute approximate surface area is 128 Å². The van der Waals surface area contributed by atoms with Gasteiger partial charge in [-0.2, -0.15) is 0 Å². The lowest BCUT2D eigenvalue weighted by molar-refractivity contribution is 0.0859. The van der Waals surface area contributed by atoms with Crippen molar-refractivity contribution >= 4 is 12.0 Å². The van der Waals surface area contributed by atoms with Gasteiger partial charge in [0.25, 0.3) is 5.91 Å².